The Balaban J connectivity index is 2.44. The van der Waals surface area contributed by atoms with E-state index >= 15 is 0 Å². The number of rotatable bonds is 2. The zero-order valence-electron chi connectivity index (χ0n) is 5.12. The van der Waals surface area contributed by atoms with Gasteiger partial charge in [-0.05, 0) is 6.42 Å². The van der Waals surface area contributed by atoms with Crippen molar-refractivity contribution in [3.63, 3.8) is 0 Å². The summed E-state index contributed by atoms with van der Waals surface area (Å²) in [7, 11) is -3.68. The van der Waals surface area contributed by atoms with Gasteiger partial charge in [-0.1, -0.05) is 0 Å². The van der Waals surface area contributed by atoms with E-state index in [0.717, 1.165) is 0 Å². The van der Waals surface area contributed by atoms with Gasteiger partial charge in [0.15, 0.2) is 0 Å². The van der Waals surface area contributed by atoms with Crippen LogP contribution < -0.4 is 0 Å². The van der Waals surface area contributed by atoms with Crippen molar-refractivity contribution in [3.8, 4) is 0 Å². The van der Waals surface area contributed by atoms with Gasteiger partial charge in [-0.25, -0.2) is 8.37 Å². The summed E-state index contributed by atoms with van der Waals surface area (Å²) in [6, 6.07) is 0. The van der Waals surface area contributed by atoms with Gasteiger partial charge in [0.1, 0.15) is 6.10 Å². The molecule has 0 aromatic rings. The third kappa shape index (κ3) is 2.09. The molecule has 60 valence electrons. The van der Waals surface area contributed by atoms with Gasteiger partial charge in [-0.2, -0.15) is 8.42 Å². The van der Waals surface area contributed by atoms with Crippen LogP contribution in [0.3, 0.4) is 0 Å². The summed E-state index contributed by atoms with van der Waals surface area (Å²) in [5, 5.41) is 0. The topological polar surface area (TPSA) is 52.6 Å². The second-order valence-corrected chi connectivity index (χ2v) is 3.51. The SMILES string of the molecule is O=S1(=O)OC[C@H](CCCl)O1. The monoisotopic (exact) mass is 186 g/mol. The minimum atomic E-state index is -3.68. The van der Waals surface area contributed by atoms with E-state index in [1.807, 2.05) is 0 Å². The molecule has 0 amide bonds. The summed E-state index contributed by atoms with van der Waals surface area (Å²) in [6.07, 6.45) is 0.114. The molecule has 0 aromatic carbocycles. The summed E-state index contributed by atoms with van der Waals surface area (Å²) in [5.74, 6) is 0.379. The summed E-state index contributed by atoms with van der Waals surface area (Å²) in [6.45, 7) is 0.0923. The first-order valence-corrected chi connectivity index (χ1v) is 4.64. The van der Waals surface area contributed by atoms with Crippen LogP contribution in [0.5, 0.6) is 0 Å². The highest BCUT2D eigenvalue weighted by Gasteiger charge is 2.28. The highest BCUT2D eigenvalue weighted by Crippen LogP contribution is 2.15. The Morgan fingerprint density at radius 1 is 1.60 bits per heavy atom. The molecule has 1 aliphatic rings. The molecule has 1 heterocycles. The maximum Gasteiger partial charge on any atom is 0.400 e. The molecule has 0 spiro atoms. The van der Waals surface area contributed by atoms with Crippen LogP contribution in [0.2, 0.25) is 0 Å². The summed E-state index contributed by atoms with van der Waals surface area (Å²) in [5.41, 5.74) is 0. The van der Waals surface area contributed by atoms with E-state index in [9.17, 15) is 8.42 Å². The van der Waals surface area contributed by atoms with Gasteiger partial charge in [0.25, 0.3) is 0 Å². The van der Waals surface area contributed by atoms with Crippen molar-refractivity contribution in [1.82, 2.24) is 0 Å². The van der Waals surface area contributed by atoms with Crippen molar-refractivity contribution in [2.24, 2.45) is 0 Å². The van der Waals surface area contributed by atoms with Gasteiger partial charge >= 0.3 is 10.4 Å². The van der Waals surface area contributed by atoms with E-state index in [1.165, 1.54) is 0 Å². The molecule has 1 rings (SSSR count). The van der Waals surface area contributed by atoms with E-state index < -0.39 is 10.4 Å². The molecular formula is C4H7ClO4S. The van der Waals surface area contributed by atoms with Crippen molar-refractivity contribution >= 4 is 22.0 Å². The van der Waals surface area contributed by atoms with Crippen molar-refractivity contribution in [2.75, 3.05) is 12.5 Å². The van der Waals surface area contributed by atoms with Crippen molar-refractivity contribution in [2.45, 2.75) is 12.5 Å². The highest BCUT2D eigenvalue weighted by atomic mass is 35.5. The Hall–Kier alpha value is 0.160. The second-order valence-electron chi connectivity index (χ2n) is 1.89. The van der Waals surface area contributed by atoms with Crippen LogP contribution in [0.1, 0.15) is 6.42 Å². The van der Waals surface area contributed by atoms with Crippen LogP contribution in [0.25, 0.3) is 0 Å². The third-order valence-electron chi connectivity index (χ3n) is 1.08. The van der Waals surface area contributed by atoms with Gasteiger partial charge in [0, 0.05) is 5.88 Å². The van der Waals surface area contributed by atoms with Gasteiger partial charge in [0.2, 0.25) is 0 Å². The van der Waals surface area contributed by atoms with E-state index in [-0.39, 0.29) is 12.7 Å². The Bertz CT molecular complexity index is 199. The van der Waals surface area contributed by atoms with Crippen LogP contribution in [0.15, 0.2) is 0 Å². The Morgan fingerprint density at radius 3 is 2.70 bits per heavy atom. The highest BCUT2D eigenvalue weighted by molar-refractivity contribution is 7.82. The molecule has 0 N–H and O–H groups in total. The first-order chi connectivity index (χ1) is 4.64. The Morgan fingerprint density at radius 2 is 2.30 bits per heavy atom. The number of alkyl halides is 1. The van der Waals surface area contributed by atoms with Crippen LogP contribution in [-0.2, 0) is 18.8 Å². The molecule has 0 saturated carbocycles. The Kier molecular flexibility index (Phi) is 2.51. The maximum atomic E-state index is 10.4. The zero-order valence-corrected chi connectivity index (χ0v) is 6.69. The fraction of sp³-hybridized carbons (Fsp3) is 1.00. The largest absolute Gasteiger partial charge is 0.400 e. The van der Waals surface area contributed by atoms with Crippen LogP contribution in [0, 0.1) is 0 Å². The lowest BCUT2D eigenvalue weighted by Gasteiger charge is -1.98. The quantitative estimate of drug-likeness (QED) is 0.582. The van der Waals surface area contributed by atoms with Gasteiger partial charge < -0.3 is 0 Å². The molecule has 1 aliphatic heterocycles. The standard InChI is InChI=1S/C4H7ClO4S/c5-2-1-4-3-8-10(6,7)9-4/h4H,1-3H2/t4-/m0/s1. The average molecular weight is 187 g/mol. The van der Waals surface area contributed by atoms with Crippen molar-refractivity contribution in [3.05, 3.63) is 0 Å². The molecular weight excluding hydrogens is 180 g/mol. The summed E-state index contributed by atoms with van der Waals surface area (Å²) in [4.78, 5) is 0. The molecule has 1 fully saturated rings. The first kappa shape index (κ1) is 8.26. The van der Waals surface area contributed by atoms with E-state index in [4.69, 9.17) is 11.6 Å². The number of hydrogen-bond acceptors (Lipinski definition) is 4. The fourth-order valence-corrected chi connectivity index (χ4v) is 1.74. The van der Waals surface area contributed by atoms with Crippen LogP contribution in [0.4, 0.5) is 0 Å². The molecule has 0 aliphatic carbocycles. The van der Waals surface area contributed by atoms with E-state index in [1.54, 1.807) is 0 Å². The molecule has 1 saturated heterocycles. The lowest BCUT2D eigenvalue weighted by Crippen LogP contribution is -2.10. The predicted molar refractivity (Wildman–Crippen MR) is 35.1 cm³/mol. The molecule has 10 heavy (non-hydrogen) atoms. The van der Waals surface area contributed by atoms with Gasteiger partial charge in [-0.3, -0.25) is 0 Å². The van der Waals surface area contributed by atoms with Crippen molar-refractivity contribution in [1.29, 1.82) is 0 Å². The minimum absolute atomic E-state index is 0.0923. The lowest BCUT2D eigenvalue weighted by atomic mass is 10.3. The maximum absolute atomic E-state index is 10.4. The Labute approximate surface area is 64.4 Å². The lowest BCUT2D eigenvalue weighted by molar-refractivity contribution is 0.232. The van der Waals surface area contributed by atoms with E-state index in [2.05, 4.69) is 8.37 Å². The second kappa shape index (κ2) is 3.04. The van der Waals surface area contributed by atoms with Crippen LogP contribution >= 0.6 is 11.6 Å². The van der Waals surface area contributed by atoms with Crippen molar-refractivity contribution < 1.29 is 16.8 Å². The normalized spacial score (nSPS) is 30.7. The van der Waals surface area contributed by atoms with Gasteiger partial charge in [0.05, 0.1) is 6.61 Å². The molecule has 4 nitrogen and oxygen atoms in total. The smallest absolute Gasteiger partial charge is 0.245 e. The molecule has 0 aromatic heterocycles. The molecule has 0 radical (unpaired) electrons. The first-order valence-electron chi connectivity index (χ1n) is 2.77. The average Bonchev–Trinajstić information content (AvgIpc) is 2.12. The molecule has 1 atom stereocenters. The minimum Gasteiger partial charge on any atom is -0.245 e. The summed E-state index contributed by atoms with van der Waals surface area (Å²) >= 11 is 5.34. The third-order valence-corrected chi connectivity index (χ3v) is 2.23. The van der Waals surface area contributed by atoms with Gasteiger partial charge in [-0.15, -0.1) is 11.6 Å². The predicted octanol–water partition coefficient (Wildman–Crippen LogP) is 0.276. The van der Waals surface area contributed by atoms with Crippen LogP contribution in [-0.4, -0.2) is 27.0 Å². The molecule has 0 unspecified atom stereocenters. The fourth-order valence-electron chi connectivity index (χ4n) is 0.635. The molecule has 6 heteroatoms. The zero-order chi connectivity index (χ0) is 7.61. The van der Waals surface area contributed by atoms with E-state index in [0.29, 0.717) is 12.3 Å². The summed E-state index contributed by atoms with van der Waals surface area (Å²) < 4.78 is 29.6. The number of halogens is 1. The molecule has 0 bridgehead atoms. The number of hydrogen-bond donors (Lipinski definition) is 0.